The van der Waals surface area contributed by atoms with E-state index in [1.54, 1.807) is 42.5 Å². The molecule has 0 radical (unpaired) electrons. The summed E-state index contributed by atoms with van der Waals surface area (Å²) in [6, 6.07) is 14.1. The van der Waals surface area contributed by atoms with Crippen LogP contribution in [0.3, 0.4) is 0 Å². The Balaban J connectivity index is 1.81. The lowest BCUT2D eigenvalue weighted by atomic mass is 10.2. The quantitative estimate of drug-likeness (QED) is 0.679. The van der Waals surface area contributed by atoms with Crippen molar-refractivity contribution in [1.29, 1.82) is 0 Å². The molecule has 2 amide bonds. The Labute approximate surface area is 137 Å². The van der Waals surface area contributed by atoms with Gasteiger partial charge in [-0.3, -0.25) is 9.59 Å². The van der Waals surface area contributed by atoms with Gasteiger partial charge in [0.05, 0.1) is 0 Å². The van der Waals surface area contributed by atoms with Gasteiger partial charge in [0.25, 0.3) is 5.91 Å². The highest BCUT2D eigenvalue weighted by molar-refractivity contribution is 6.31. The number of benzene rings is 2. The zero-order valence-corrected chi connectivity index (χ0v) is 13.1. The van der Waals surface area contributed by atoms with Crippen molar-refractivity contribution in [3.05, 3.63) is 59.2 Å². The number of hydrogen-bond donors (Lipinski definition) is 3. The van der Waals surface area contributed by atoms with Crippen LogP contribution in [0.2, 0.25) is 5.02 Å². The van der Waals surface area contributed by atoms with Crippen molar-refractivity contribution < 1.29 is 9.59 Å². The third-order valence-corrected chi connectivity index (χ3v) is 3.50. The van der Waals surface area contributed by atoms with Crippen LogP contribution < -0.4 is 10.6 Å². The lowest BCUT2D eigenvalue weighted by Gasteiger charge is -2.07. The van der Waals surface area contributed by atoms with Crippen LogP contribution in [0.5, 0.6) is 0 Å². The molecule has 0 bridgehead atoms. The second-order valence-corrected chi connectivity index (χ2v) is 5.57. The summed E-state index contributed by atoms with van der Waals surface area (Å²) in [6.07, 6.45) is 0. The Bertz CT molecular complexity index is 902. The molecule has 0 aliphatic carbocycles. The van der Waals surface area contributed by atoms with E-state index in [0.717, 1.165) is 10.9 Å². The molecule has 0 saturated carbocycles. The van der Waals surface area contributed by atoms with E-state index in [-0.39, 0.29) is 11.8 Å². The van der Waals surface area contributed by atoms with E-state index >= 15 is 0 Å². The van der Waals surface area contributed by atoms with Crippen LogP contribution in [0, 0.1) is 0 Å². The van der Waals surface area contributed by atoms with Gasteiger partial charge >= 0.3 is 0 Å². The number of amides is 2. The first-order valence-corrected chi connectivity index (χ1v) is 7.36. The molecule has 3 N–H and O–H groups in total. The zero-order chi connectivity index (χ0) is 16.4. The van der Waals surface area contributed by atoms with Crippen LogP contribution in [0.1, 0.15) is 17.4 Å². The number of H-pyrrole nitrogens is 1. The molecule has 3 aromatic rings. The maximum absolute atomic E-state index is 12.3. The molecule has 0 spiro atoms. The number of nitrogens with one attached hydrogen (secondary N) is 3. The fourth-order valence-corrected chi connectivity index (χ4v) is 2.48. The molecule has 0 aliphatic rings. The molecule has 3 rings (SSSR count). The smallest absolute Gasteiger partial charge is 0.272 e. The predicted octanol–water partition coefficient (Wildman–Crippen LogP) is 4.03. The molecule has 1 aromatic heterocycles. The summed E-state index contributed by atoms with van der Waals surface area (Å²) in [6.45, 7) is 1.43. The standard InChI is InChI=1S/C17H14ClN3O2/c1-10(22)19-13-3-2-4-14(9-13)20-17(23)16-8-11-7-12(18)5-6-15(11)21-16/h2-9,21H,1H3,(H,19,22)(H,20,23). The monoisotopic (exact) mass is 327 g/mol. The van der Waals surface area contributed by atoms with Gasteiger partial charge in [-0.15, -0.1) is 0 Å². The summed E-state index contributed by atoms with van der Waals surface area (Å²) in [5.41, 5.74) is 2.50. The number of carbonyl (C=O) groups excluding carboxylic acids is 2. The van der Waals surface area contributed by atoms with Gasteiger partial charge in [0.2, 0.25) is 5.91 Å². The fraction of sp³-hybridized carbons (Fsp3) is 0.0588. The van der Waals surface area contributed by atoms with E-state index in [9.17, 15) is 9.59 Å². The van der Waals surface area contributed by atoms with Crippen molar-refractivity contribution in [2.45, 2.75) is 6.92 Å². The Morgan fingerprint density at radius 3 is 2.48 bits per heavy atom. The van der Waals surface area contributed by atoms with Crippen LogP contribution in [-0.4, -0.2) is 16.8 Å². The van der Waals surface area contributed by atoms with E-state index in [4.69, 9.17) is 11.6 Å². The van der Waals surface area contributed by atoms with Crippen molar-refractivity contribution in [2.75, 3.05) is 10.6 Å². The van der Waals surface area contributed by atoms with Crippen LogP contribution in [-0.2, 0) is 4.79 Å². The van der Waals surface area contributed by atoms with E-state index in [1.165, 1.54) is 6.92 Å². The highest BCUT2D eigenvalue weighted by Gasteiger charge is 2.10. The molecule has 0 atom stereocenters. The van der Waals surface area contributed by atoms with Crippen LogP contribution in [0.15, 0.2) is 48.5 Å². The molecule has 1 heterocycles. The lowest BCUT2D eigenvalue weighted by molar-refractivity contribution is -0.114. The minimum absolute atomic E-state index is 0.166. The van der Waals surface area contributed by atoms with Gasteiger partial charge in [-0.2, -0.15) is 0 Å². The first kappa shape index (κ1) is 15.1. The number of aromatic nitrogens is 1. The van der Waals surface area contributed by atoms with Crippen LogP contribution >= 0.6 is 11.6 Å². The molecule has 0 unspecified atom stereocenters. The molecule has 0 aliphatic heterocycles. The minimum atomic E-state index is -0.266. The minimum Gasteiger partial charge on any atom is -0.351 e. The largest absolute Gasteiger partial charge is 0.351 e. The topological polar surface area (TPSA) is 74.0 Å². The first-order valence-electron chi connectivity index (χ1n) is 6.98. The molecule has 116 valence electrons. The molecule has 0 saturated heterocycles. The number of hydrogen-bond acceptors (Lipinski definition) is 2. The molecule has 23 heavy (non-hydrogen) atoms. The maximum atomic E-state index is 12.3. The van der Waals surface area contributed by atoms with Crippen LogP contribution in [0.25, 0.3) is 10.9 Å². The molecular formula is C17H14ClN3O2. The van der Waals surface area contributed by atoms with Gasteiger partial charge in [-0.05, 0) is 42.5 Å². The molecule has 5 nitrogen and oxygen atoms in total. The van der Waals surface area contributed by atoms with Gasteiger partial charge < -0.3 is 15.6 Å². The zero-order valence-electron chi connectivity index (χ0n) is 12.3. The third kappa shape index (κ3) is 3.52. The maximum Gasteiger partial charge on any atom is 0.272 e. The second-order valence-electron chi connectivity index (χ2n) is 5.13. The Morgan fingerprint density at radius 1 is 1.00 bits per heavy atom. The van der Waals surface area contributed by atoms with Gasteiger partial charge in [-0.1, -0.05) is 17.7 Å². The number of rotatable bonds is 3. The average Bonchev–Trinajstić information content (AvgIpc) is 2.90. The number of halogens is 1. The highest BCUT2D eigenvalue weighted by atomic mass is 35.5. The summed E-state index contributed by atoms with van der Waals surface area (Å²) in [4.78, 5) is 26.5. The van der Waals surface area contributed by atoms with Crippen molar-refractivity contribution in [2.24, 2.45) is 0 Å². The van der Waals surface area contributed by atoms with E-state index in [0.29, 0.717) is 22.1 Å². The summed E-state index contributed by atoms with van der Waals surface area (Å²) in [5.74, 6) is -0.432. The Morgan fingerprint density at radius 2 is 1.74 bits per heavy atom. The predicted molar refractivity (Wildman–Crippen MR) is 92.0 cm³/mol. The highest BCUT2D eigenvalue weighted by Crippen LogP contribution is 2.21. The van der Waals surface area contributed by atoms with E-state index in [1.807, 2.05) is 6.07 Å². The second kappa shape index (κ2) is 6.14. The fourth-order valence-electron chi connectivity index (χ4n) is 2.30. The van der Waals surface area contributed by atoms with Gasteiger partial charge in [-0.25, -0.2) is 0 Å². The molecule has 2 aromatic carbocycles. The van der Waals surface area contributed by atoms with Gasteiger partial charge in [0.15, 0.2) is 0 Å². The molecule has 0 fully saturated rings. The van der Waals surface area contributed by atoms with Gasteiger partial charge in [0.1, 0.15) is 5.69 Å². The summed E-state index contributed by atoms with van der Waals surface area (Å²) >= 11 is 5.95. The summed E-state index contributed by atoms with van der Waals surface area (Å²) < 4.78 is 0. The van der Waals surface area contributed by atoms with Crippen molar-refractivity contribution in [3.8, 4) is 0 Å². The molecule has 6 heteroatoms. The Kier molecular flexibility index (Phi) is 4.04. The number of fused-ring (bicyclic) bond motifs is 1. The van der Waals surface area contributed by atoms with Crippen molar-refractivity contribution in [1.82, 2.24) is 4.98 Å². The Hall–Kier alpha value is -2.79. The average molecular weight is 328 g/mol. The summed E-state index contributed by atoms with van der Waals surface area (Å²) in [5, 5.41) is 6.95. The third-order valence-electron chi connectivity index (χ3n) is 3.27. The first-order chi connectivity index (χ1) is 11.0. The number of aromatic amines is 1. The van der Waals surface area contributed by atoms with E-state index < -0.39 is 0 Å². The summed E-state index contributed by atoms with van der Waals surface area (Å²) in [7, 11) is 0. The SMILES string of the molecule is CC(=O)Nc1cccc(NC(=O)c2cc3cc(Cl)ccc3[nH]2)c1. The number of carbonyl (C=O) groups is 2. The van der Waals surface area contributed by atoms with E-state index in [2.05, 4.69) is 15.6 Å². The molecular weight excluding hydrogens is 314 g/mol. The van der Waals surface area contributed by atoms with Crippen molar-refractivity contribution in [3.63, 3.8) is 0 Å². The normalized spacial score (nSPS) is 10.5. The lowest BCUT2D eigenvalue weighted by Crippen LogP contribution is -2.12. The van der Waals surface area contributed by atoms with Crippen molar-refractivity contribution >= 4 is 45.7 Å². The van der Waals surface area contributed by atoms with Crippen LogP contribution in [0.4, 0.5) is 11.4 Å². The number of anilines is 2. The van der Waals surface area contributed by atoms with Gasteiger partial charge in [0, 0.05) is 34.2 Å².